The second-order valence-corrected chi connectivity index (χ2v) is 5.12. The Morgan fingerprint density at radius 3 is 2.75 bits per heavy atom. The molecule has 0 fully saturated rings. The number of nitrogens with one attached hydrogen (secondary N) is 2. The van der Waals surface area contributed by atoms with Crippen molar-refractivity contribution in [2.75, 3.05) is 12.4 Å². The molecule has 0 radical (unpaired) electrons. The fourth-order valence-corrected chi connectivity index (χ4v) is 2.34. The third-order valence-corrected chi connectivity index (χ3v) is 3.40. The van der Waals surface area contributed by atoms with Crippen LogP contribution in [0.4, 0.5) is 24.1 Å². The molecule has 0 aliphatic rings. The minimum Gasteiger partial charge on any atom is -0.315 e. The topological polar surface area (TPSA) is 49.8 Å². The lowest BCUT2D eigenvalue weighted by molar-refractivity contribution is -0.137. The third-order valence-electron chi connectivity index (χ3n) is 2.30. The van der Waals surface area contributed by atoms with Gasteiger partial charge in [0.25, 0.3) is 0 Å². The van der Waals surface area contributed by atoms with Gasteiger partial charge < -0.3 is 10.6 Å². The van der Waals surface area contributed by atoms with Gasteiger partial charge in [-0.1, -0.05) is 11.6 Å². The lowest BCUT2D eigenvalue weighted by Gasteiger charge is -2.09. The number of pyridine rings is 1. The molecule has 0 spiro atoms. The van der Waals surface area contributed by atoms with Crippen LogP contribution in [-0.4, -0.2) is 17.0 Å². The molecule has 0 aliphatic heterocycles. The minimum atomic E-state index is -4.46. The van der Waals surface area contributed by atoms with Crippen LogP contribution in [0.2, 0.25) is 5.02 Å². The SMILES string of the molecule is CNCc1csc(Nc2ncc(C(F)(F)F)cc2Cl)n1. The fourth-order valence-electron chi connectivity index (χ4n) is 1.41. The predicted octanol–water partition coefficient (Wildman–Crippen LogP) is 3.67. The zero-order chi connectivity index (χ0) is 14.8. The van der Waals surface area contributed by atoms with Crippen LogP contribution in [0.1, 0.15) is 11.3 Å². The number of hydrogen-bond donors (Lipinski definition) is 2. The van der Waals surface area contributed by atoms with Gasteiger partial charge in [-0.3, -0.25) is 0 Å². The van der Waals surface area contributed by atoms with E-state index in [0.29, 0.717) is 11.7 Å². The summed E-state index contributed by atoms with van der Waals surface area (Å²) in [4.78, 5) is 7.91. The van der Waals surface area contributed by atoms with E-state index in [1.807, 2.05) is 5.38 Å². The molecule has 0 aromatic carbocycles. The van der Waals surface area contributed by atoms with E-state index in [2.05, 4.69) is 20.6 Å². The van der Waals surface area contributed by atoms with Crippen LogP contribution in [0, 0.1) is 0 Å². The maximum atomic E-state index is 12.5. The van der Waals surface area contributed by atoms with Gasteiger partial charge in [0.2, 0.25) is 0 Å². The van der Waals surface area contributed by atoms with Crippen LogP contribution in [-0.2, 0) is 12.7 Å². The number of alkyl halides is 3. The van der Waals surface area contributed by atoms with Crippen molar-refractivity contribution >= 4 is 33.9 Å². The van der Waals surface area contributed by atoms with Crippen molar-refractivity contribution in [2.45, 2.75) is 12.7 Å². The van der Waals surface area contributed by atoms with Crippen molar-refractivity contribution in [3.8, 4) is 0 Å². The first-order valence-corrected chi connectivity index (χ1v) is 6.74. The summed E-state index contributed by atoms with van der Waals surface area (Å²) in [6.45, 7) is 0.604. The molecule has 2 aromatic heterocycles. The normalized spacial score (nSPS) is 11.7. The summed E-state index contributed by atoms with van der Waals surface area (Å²) in [6, 6.07) is 0.832. The van der Waals surface area contributed by atoms with E-state index in [0.717, 1.165) is 18.0 Å². The smallest absolute Gasteiger partial charge is 0.315 e. The maximum Gasteiger partial charge on any atom is 0.417 e. The average molecular weight is 323 g/mol. The van der Waals surface area contributed by atoms with Crippen molar-refractivity contribution in [1.29, 1.82) is 0 Å². The molecule has 0 saturated carbocycles. The highest BCUT2D eigenvalue weighted by Crippen LogP contribution is 2.33. The third kappa shape index (κ3) is 3.59. The number of aromatic nitrogens is 2. The number of thiazole rings is 1. The number of anilines is 2. The Morgan fingerprint density at radius 2 is 2.15 bits per heavy atom. The van der Waals surface area contributed by atoms with E-state index in [1.54, 1.807) is 7.05 Å². The molecule has 0 bridgehead atoms. The summed E-state index contributed by atoms with van der Waals surface area (Å²) >= 11 is 7.11. The molecule has 2 N–H and O–H groups in total. The first-order valence-electron chi connectivity index (χ1n) is 5.49. The van der Waals surface area contributed by atoms with Gasteiger partial charge in [0, 0.05) is 18.1 Å². The van der Waals surface area contributed by atoms with E-state index in [9.17, 15) is 13.2 Å². The Balaban J connectivity index is 2.17. The first kappa shape index (κ1) is 15.0. The molecule has 0 aliphatic carbocycles. The molecular weight excluding hydrogens is 313 g/mol. The largest absolute Gasteiger partial charge is 0.417 e. The summed E-state index contributed by atoms with van der Waals surface area (Å²) in [5.74, 6) is 0.144. The number of rotatable bonds is 4. The predicted molar refractivity (Wildman–Crippen MR) is 72.4 cm³/mol. The minimum absolute atomic E-state index is 0.106. The molecule has 20 heavy (non-hydrogen) atoms. The monoisotopic (exact) mass is 322 g/mol. The van der Waals surface area contributed by atoms with E-state index in [4.69, 9.17) is 11.6 Å². The molecule has 2 aromatic rings. The van der Waals surface area contributed by atoms with Crippen molar-refractivity contribution < 1.29 is 13.2 Å². The highest BCUT2D eigenvalue weighted by molar-refractivity contribution is 7.13. The second-order valence-electron chi connectivity index (χ2n) is 3.85. The summed E-state index contributed by atoms with van der Waals surface area (Å²) in [5, 5.41) is 7.99. The Labute approximate surface area is 122 Å². The van der Waals surface area contributed by atoms with Crippen LogP contribution in [0.25, 0.3) is 0 Å². The van der Waals surface area contributed by atoms with E-state index >= 15 is 0 Å². The van der Waals surface area contributed by atoms with E-state index in [1.165, 1.54) is 11.3 Å². The molecule has 2 heterocycles. The number of halogens is 4. The number of hydrogen-bond acceptors (Lipinski definition) is 5. The Kier molecular flexibility index (Phi) is 4.46. The van der Waals surface area contributed by atoms with Crippen molar-refractivity contribution in [3.63, 3.8) is 0 Å². The zero-order valence-electron chi connectivity index (χ0n) is 10.3. The van der Waals surface area contributed by atoms with Gasteiger partial charge >= 0.3 is 6.18 Å². The number of nitrogens with zero attached hydrogens (tertiary/aromatic N) is 2. The molecular formula is C11H10ClF3N4S. The standard InChI is InChI=1S/C11H10ClF3N4S/c1-16-4-7-5-20-10(18-7)19-9-8(12)2-6(3-17-9)11(13,14)15/h2-3,5,16H,4H2,1H3,(H,17,18,19). The highest BCUT2D eigenvalue weighted by atomic mass is 35.5. The van der Waals surface area contributed by atoms with Gasteiger partial charge in [0.05, 0.1) is 16.3 Å². The molecule has 4 nitrogen and oxygen atoms in total. The van der Waals surface area contributed by atoms with Gasteiger partial charge in [-0.25, -0.2) is 9.97 Å². The quantitative estimate of drug-likeness (QED) is 0.901. The van der Waals surface area contributed by atoms with Gasteiger partial charge in [-0.2, -0.15) is 13.2 Å². The lowest BCUT2D eigenvalue weighted by atomic mass is 10.3. The van der Waals surface area contributed by atoms with Gasteiger partial charge in [0.1, 0.15) is 0 Å². The van der Waals surface area contributed by atoms with Gasteiger partial charge in [-0.05, 0) is 13.1 Å². The van der Waals surface area contributed by atoms with Crippen LogP contribution < -0.4 is 10.6 Å². The first-order chi connectivity index (χ1) is 9.40. The van der Waals surface area contributed by atoms with E-state index in [-0.39, 0.29) is 10.8 Å². The molecule has 2 rings (SSSR count). The van der Waals surface area contributed by atoms with Crippen LogP contribution in [0.3, 0.4) is 0 Å². The zero-order valence-corrected chi connectivity index (χ0v) is 11.8. The molecule has 0 unspecified atom stereocenters. The lowest BCUT2D eigenvalue weighted by Crippen LogP contribution is -2.07. The summed E-state index contributed by atoms with van der Waals surface area (Å²) < 4.78 is 37.4. The van der Waals surface area contributed by atoms with Crippen LogP contribution >= 0.6 is 22.9 Å². The van der Waals surface area contributed by atoms with Crippen molar-refractivity contribution in [2.24, 2.45) is 0 Å². The van der Waals surface area contributed by atoms with Crippen molar-refractivity contribution in [1.82, 2.24) is 15.3 Å². The van der Waals surface area contributed by atoms with Crippen molar-refractivity contribution in [3.05, 3.63) is 33.9 Å². The second kappa shape index (κ2) is 5.94. The van der Waals surface area contributed by atoms with E-state index < -0.39 is 11.7 Å². The van der Waals surface area contributed by atoms with Crippen LogP contribution in [0.5, 0.6) is 0 Å². The Morgan fingerprint density at radius 1 is 1.40 bits per heavy atom. The average Bonchev–Trinajstić information content (AvgIpc) is 2.78. The molecule has 0 atom stereocenters. The Bertz CT molecular complexity index is 600. The Hall–Kier alpha value is -1.38. The summed E-state index contributed by atoms with van der Waals surface area (Å²) in [5.41, 5.74) is -0.0638. The maximum absolute atomic E-state index is 12.5. The highest BCUT2D eigenvalue weighted by Gasteiger charge is 2.31. The van der Waals surface area contributed by atoms with Gasteiger partial charge in [-0.15, -0.1) is 11.3 Å². The molecule has 108 valence electrons. The molecule has 0 saturated heterocycles. The fraction of sp³-hybridized carbons (Fsp3) is 0.273. The summed E-state index contributed by atoms with van der Waals surface area (Å²) in [6.07, 6.45) is -3.73. The van der Waals surface area contributed by atoms with Gasteiger partial charge in [0.15, 0.2) is 10.9 Å². The summed E-state index contributed by atoms with van der Waals surface area (Å²) in [7, 11) is 1.79. The molecule has 0 amide bonds. The molecule has 9 heteroatoms. The van der Waals surface area contributed by atoms with Crippen LogP contribution in [0.15, 0.2) is 17.6 Å².